The molecule has 0 amide bonds. The zero-order valence-electron chi connectivity index (χ0n) is 16.9. The van der Waals surface area contributed by atoms with Crippen molar-refractivity contribution in [2.45, 2.75) is 19.9 Å². The number of carboxylic acids is 1. The van der Waals surface area contributed by atoms with Gasteiger partial charge in [0.25, 0.3) is 0 Å². The van der Waals surface area contributed by atoms with Crippen LogP contribution in [-0.4, -0.2) is 54.3 Å². The van der Waals surface area contributed by atoms with Gasteiger partial charge in [-0.2, -0.15) is 0 Å². The Bertz CT molecular complexity index is 1090. The van der Waals surface area contributed by atoms with E-state index in [2.05, 4.69) is 5.16 Å². The molecule has 1 aromatic carbocycles. The van der Waals surface area contributed by atoms with Gasteiger partial charge >= 0.3 is 5.97 Å². The third kappa shape index (κ3) is 4.22. The first-order chi connectivity index (χ1) is 14.8. The molecule has 1 fully saturated rings. The largest absolute Gasteiger partial charge is 0.477 e. The van der Waals surface area contributed by atoms with Crippen LogP contribution in [0.3, 0.4) is 0 Å². The average molecular weight is 440 g/mol. The summed E-state index contributed by atoms with van der Waals surface area (Å²) in [5.74, 6) is -3.93. The van der Waals surface area contributed by atoms with Gasteiger partial charge in [-0.05, 0) is 13.0 Å². The molecule has 0 aliphatic carbocycles. The van der Waals surface area contributed by atoms with E-state index in [0.717, 1.165) is 16.8 Å². The molecule has 1 aliphatic heterocycles. The third-order valence-corrected chi connectivity index (χ3v) is 5.25. The molecule has 1 atom stereocenters. The minimum Gasteiger partial charge on any atom is -0.477 e. The first-order valence-corrected chi connectivity index (χ1v) is 9.82. The van der Waals surface area contributed by atoms with Gasteiger partial charge in [-0.25, -0.2) is 18.0 Å². The number of pyridine rings is 1. The molecule has 1 aliphatic rings. The highest BCUT2D eigenvalue weighted by atomic mass is 19.1. The zero-order valence-corrected chi connectivity index (χ0v) is 16.9. The van der Waals surface area contributed by atoms with Gasteiger partial charge in [0.2, 0.25) is 5.43 Å². The molecule has 8 nitrogen and oxygen atoms in total. The Kier molecular flexibility index (Phi) is 6.84. The molecule has 0 bridgehead atoms. The van der Waals surface area contributed by atoms with Gasteiger partial charge in [0, 0.05) is 38.2 Å². The lowest BCUT2D eigenvalue weighted by Gasteiger charge is -2.35. The minimum absolute atomic E-state index is 0.169. The van der Waals surface area contributed by atoms with Gasteiger partial charge in [-0.1, -0.05) is 5.16 Å². The molecular weight excluding hydrogens is 417 g/mol. The molecule has 0 saturated carbocycles. The maximum atomic E-state index is 15.5. The molecule has 1 saturated heterocycles. The fourth-order valence-corrected chi connectivity index (χ4v) is 3.78. The number of benzene rings is 1. The van der Waals surface area contributed by atoms with Gasteiger partial charge in [0.15, 0.2) is 5.82 Å². The maximum absolute atomic E-state index is 15.5. The average Bonchev–Trinajstić information content (AvgIpc) is 2.74. The molecule has 168 valence electrons. The first kappa shape index (κ1) is 22.6. The van der Waals surface area contributed by atoms with Crippen LogP contribution in [0.1, 0.15) is 23.7 Å². The first-order valence-electron chi connectivity index (χ1n) is 9.82. The van der Waals surface area contributed by atoms with Crippen molar-refractivity contribution < 1.29 is 27.9 Å². The number of carbonyl (C=O) groups is 1. The van der Waals surface area contributed by atoms with Gasteiger partial charge in [0.05, 0.1) is 23.2 Å². The van der Waals surface area contributed by atoms with Crippen molar-refractivity contribution in [3.63, 3.8) is 0 Å². The molecule has 2 aromatic rings. The summed E-state index contributed by atoms with van der Waals surface area (Å²) in [4.78, 5) is 30.4. The number of nitrogens with two attached hydrogens (primary N) is 1. The van der Waals surface area contributed by atoms with Crippen LogP contribution in [0.15, 0.2) is 22.2 Å². The summed E-state index contributed by atoms with van der Waals surface area (Å²) < 4.78 is 44.6. The van der Waals surface area contributed by atoms with Crippen LogP contribution in [-0.2, 0) is 11.4 Å². The van der Waals surface area contributed by atoms with Crippen molar-refractivity contribution in [2.75, 3.05) is 37.8 Å². The number of alkyl halides is 1. The quantitative estimate of drug-likeness (QED) is 0.639. The maximum Gasteiger partial charge on any atom is 0.341 e. The predicted octanol–water partition coefficient (Wildman–Crippen LogP) is 2.12. The molecule has 0 radical (unpaired) electrons. The third-order valence-electron chi connectivity index (χ3n) is 5.25. The van der Waals surface area contributed by atoms with Crippen molar-refractivity contribution in [2.24, 2.45) is 16.8 Å². The predicted molar refractivity (Wildman–Crippen MR) is 109 cm³/mol. The van der Waals surface area contributed by atoms with Crippen LogP contribution < -0.4 is 16.1 Å². The van der Waals surface area contributed by atoms with E-state index < -0.39 is 47.2 Å². The summed E-state index contributed by atoms with van der Waals surface area (Å²) >= 11 is 0. The molecule has 2 heterocycles. The number of anilines is 1. The highest BCUT2D eigenvalue weighted by molar-refractivity contribution is 5.94. The molecular formula is C20H23F3N4O4. The summed E-state index contributed by atoms with van der Waals surface area (Å²) in [6.07, 6.45) is 1.25. The van der Waals surface area contributed by atoms with Crippen LogP contribution in [0.2, 0.25) is 0 Å². The number of halogens is 3. The second-order valence-corrected chi connectivity index (χ2v) is 7.11. The van der Waals surface area contributed by atoms with Crippen LogP contribution in [0, 0.1) is 17.6 Å². The molecule has 1 aromatic heterocycles. The van der Waals surface area contributed by atoms with E-state index in [4.69, 9.17) is 10.6 Å². The summed E-state index contributed by atoms with van der Waals surface area (Å²) in [6, 6.07) is 0.804. The molecule has 11 heteroatoms. The number of aryl methyl sites for hydroxylation is 1. The van der Waals surface area contributed by atoms with E-state index in [1.54, 1.807) is 6.92 Å². The highest BCUT2D eigenvalue weighted by Crippen LogP contribution is 2.32. The monoisotopic (exact) mass is 440 g/mol. The number of aromatic nitrogens is 1. The SMILES string of the molecule is CCO/N=C1\CCN(c2c(F)cc3c(=O)c(C(=O)O)cn(CCF)c3c2F)CC1CN. The lowest BCUT2D eigenvalue weighted by atomic mass is 9.95. The normalized spacial score (nSPS) is 18.0. The molecule has 31 heavy (non-hydrogen) atoms. The van der Waals surface area contributed by atoms with E-state index >= 15 is 4.39 Å². The van der Waals surface area contributed by atoms with Crippen LogP contribution in [0.25, 0.3) is 10.9 Å². The number of piperidine rings is 1. The number of hydrogen-bond donors (Lipinski definition) is 2. The lowest BCUT2D eigenvalue weighted by Crippen LogP contribution is -2.45. The number of fused-ring (bicyclic) bond motifs is 1. The van der Waals surface area contributed by atoms with Crippen LogP contribution >= 0.6 is 0 Å². The number of nitrogens with zero attached hydrogens (tertiary/aromatic N) is 3. The second kappa shape index (κ2) is 9.38. The van der Waals surface area contributed by atoms with Crippen LogP contribution in [0.4, 0.5) is 18.9 Å². The number of rotatable bonds is 7. The molecule has 0 spiro atoms. The Morgan fingerprint density at radius 3 is 2.77 bits per heavy atom. The zero-order chi connectivity index (χ0) is 22.7. The van der Waals surface area contributed by atoms with E-state index in [9.17, 15) is 23.5 Å². The summed E-state index contributed by atoms with van der Waals surface area (Å²) in [6.45, 7) is 1.42. The van der Waals surface area contributed by atoms with Crippen LogP contribution in [0.5, 0.6) is 0 Å². The second-order valence-electron chi connectivity index (χ2n) is 7.11. The molecule has 3 N–H and O–H groups in total. The van der Waals surface area contributed by atoms with Crippen molar-refractivity contribution in [1.29, 1.82) is 0 Å². The summed E-state index contributed by atoms with van der Waals surface area (Å²) in [7, 11) is 0. The smallest absolute Gasteiger partial charge is 0.341 e. The van der Waals surface area contributed by atoms with E-state index in [1.807, 2.05) is 0 Å². The van der Waals surface area contributed by atoms with Crippen molar-refractivity contribution in [3.05, 3.63) is 39.7 Å². The Morgan fingerprint density at radius 2 is 2.16 bits per heavy atom. The van der Waals surface area contributed by atoms with Crippen molar-refractivity contribution in [3.8, 4) is 0 Å². The van der Waals surface area contributed by atoms with Crippen molar-refractivity contribution in [1.82, 2.24) is 4.57 Å². The van der Waals surface area contributed by atoms with E-state index in [-0.39, 0.29) is 36.8 Å². The Hall–Kier alpha value is -3.08. The number of aromatic carboxylic acids is 1. The Morgan fingerprint density at radius 1 is 1.42 bits per heavy atom. The molecule has 3 rings (SSSR count). The summed E-state index contributed by atoms with van der Waals surface area (Å²) in [5.41, 5.74) is 4.06. The van der Waals surface area contributed by atoms with Gasteiger partial charge in [-0.15, -0.1) is 0 Å². The van der Waals surface area contributed by atoms with E-state index in [1.165, 1.54) is 4.90 Å². The van der Waals surface area contributed by atoms with Crippen molar-refractivity contribution >= 4 is 28.3 Å². The lowest BCUT2D eigenvalue weighted by molar-refractivity contribution is 0.0694. The number of carboxylic acid groups (broad SMARTS) is 1. The number of hydrogen-bond acceptors (Lipinski definition) is 6. The fourth-order valence-electron chi connectivity index (χ4n) is 3.78. The van der Waals surface area contributed by atoms with Gasteiger partial charge < -0.3 is 25.1 Å². The topological polar surface area (TPSA) is 110 Å². The Labute approximate surface area is 175 Å². The molecule has 1 unspecified atom stereocenters. The minimum atomic E-state index is -1.56. The highest BCUT2D eigenvalue weighted by Gasteiger charge is 2.31. The summed E-state index contributed by atoms with van der Waals surface area (Å²) in [5, 5.41) is 12.8. The fraction of sp³-hybridized carbons (Fsp3) is 0.450. The van der Waals surface area contributed by atoms with Gasteiger partial charge in [-0.3, -0.25) is 4.79 Å². The van der Waals surface area contributed by atoms with Gasteiger partial charge in [0.1, 0.15) is 30.3 Å². The van der Waals surface area contributed by atoms with E-state index in [0.29, 0.717) is 18.7 Å². The Balaban J connectivity index is 2.14. The number of oxime groups is 1. The standard InChI is InChI=1S/C20H23F3N4O4/c1-2-31-25-15-3-5-26(9-11(15)8-24)18-14(22)7-12-17(16(18)23)27(6-4-21)10-13(19(12)28)20(29)30/h7,10-11H,2-6,8-9,24H2,1H3,(H,29,30)/b25-15+.